The predicted molar refractivity (Wildman–Crippen MR) is 76.1 cm³/mol. The highest BCUT2D eigenvalue weighted by Crippen LogP contribution is 2.07. The second-order valence-corrected chi connectivity index (χ2v) is 4.10. The third kappa shape index (κ3) is 5.50. The Labute approximate surface area is 130 Å². The van der Waals surface area contributed by atoms with Gasteiger partial charge in [-0.2, -0.15) is 0 Å². The lowest BCUT2D eigenvalue weighted by atomic mass is 10.4. The predicted octanol–water partition coefficient (Wildman–Crippen LogP) is -1.11. The fourth-order valence-electron chi connectivity index (χ4n) is 1.54. The number of nitrogens with zero attached hydrogens (tertiary/aromatic N) is 1. The number of carbonyl (C=O) groups is 3. The first kappa shape index (κ1) is 17.7. The Bertz CT molecular complexity index is 734. The number of nitrogens with two attached hydrogens (primary N) is 1. The van der Waals surface area contributed by atoms with Gasteiger partial charge < -0.3 is 25.5 Å². The van der Waals surface area contributed by atoms with Crippen LogP contribution in [0.25, 0.3) is 5.65 Å². The van der Waals surface area contributed by atoms with Gasteiger partial charge in [-0.15, -0.1) is 0 Å². The van der Waals surface area contributed by atoms with Crippen molar-refractivity contribution in [2.75, 3.05) is 12.3 Å². The normalized spacial score (nSPS) is 10.1. The molecular formula is C14H15N3O6. The lowest BCUT2D eigenvalue weighted by Gasteiger charge is -1.93. The zero-order chi connectivity index (χ0) is 17.4. The van der Waals surface area contributed by atoms with Crippen molar-refractivity contribution in [1.82, 2.24) is 4.98 Å². The van der Waals surface area contributed by atoms with E-state index in [-0.39, 0.29) is 5.97 Å². The monoisotopic (exact) mass is 321 g/mol. The molecule has 23 heavy (non-hydrogen) atoms. The summed E-state index contributed by atoms with van der Waals surface area (Å²) in [5.74, 6) is -3.18. The van der Waals surface area contributed by atoms with Crippen LogP contribution in [0.4, 0.5) is 5.69 Å². The molecule has 2 aromatic rings. The molecule has 0 aliphatic carbocycles. The number of hydrogen-bond donors (Lipinski definition) is 3. The van der Waals surface area contributed by atoms with E-state index in [2.05, 4.69) is 4.98 Å². The number of rotatable bonds is 4. The van der Waals surface area contributed by atoms with E-state index >= 15 is 0 Å². The maximum Gasteiger partial charge on any atom is 0.382 e. The first-order valence-electron chi connectivity index (χ1n) is 6.42. The summed E-state index contributed by atoms with van der Waals surface area (Å²) in [6, 6.07) is 3.58. The molecule has 0 radical (unpaired) electrons. The van der Waals surface area contributed by atoms with E-state index in [0.29, 0.717) is 35.8 Å². The van der Waals surface area contributed by atoms with Gasteiger partial charge in [-0.25, -0.2) is 19.0 Å². The van der Waals surface area contributed by atoms with Crippen LogP contribution in [-0.2, 0) is 14.3 Å². The van der Waals surface area contributed by atoms with Crippen molar-refractivity contribution in [3.8, 4) is 0 Å². The lowest BCUT2D eigenvalue weighted by Crippen LogP contribution is -2.19. The van der Waals surface area contributed by atoms with Crippen LogP contribution in [0.5, 0.6) is 0 Å². The second kappa shape index (κ2) is 8.17. The van der Waals surface area contributed by atoms with Gasteiger partial charge in [-0.3, -0.25) is 0 Å². The van der Waals surface area contributed by atoms with Gasteiger partial charge in [0, 0.05) is 6.08 Å². The van der Waals surface area contributed by atoms with Crippen molar-refractivity contribution < 1.29 is 33.7 Å². The van der Waals surface area contributed by atoms with Crippen molar-refractivity contribution in [2.45, 2.75) is 6.92 Å². The Morgan fingerprint density at radius 2 is 2.13 bits per heavy atom. The molecule has 2 aromatic heterocycles. The average Bonchev–Trinajstić information content (AvgIpc) is 2.92. The minimum absolute atomic E-state index is 0.356. The number of pyridine rings is 1. The van der Waals surface area contributed by atoms with Crippen LogP contribution in [-0.4, -0.2) is 34.6 Å². The maximum absolute atomic E-state index is 11.4. The molecule has 0 saturated carbocycles. The second-order valence-electron chi connectivity index (χ2n) is 4.10. The number of fused-ring (bicyclic) bond motifs is 1. The highest BCUT2D eigenvalue weighted by Gasteiger charge is 2.18. The molecule has 4 N–H and O–H groups in total. The number of anilines is 1. The van der Waals surface area contributed by atoms with Crippen molar-refractivity contribution in [1.29, 1.82) is 0 Å². The van der Waals surface area contributed by atoms with E-state index in [1.165, 1.54) is 0 Å². The third-order valence-corrected chi connectivity index (χ3v) is 2.43. The molecule has 0 spiro atoms. The first-order valence-corrected chi connectivity index (χ1v) is 6.42. The number of carboxylic acids is 2. The molecule has 0 amide bonds. The number of hydrogen-bond acceptors (Lipinski definition) is 6. The van der Waals surface area contributed by atoms with Gasteiger partial charge in [-0.1, -0.05) is 0 Å². The molecule has 0 bridgehead atoms. The standard InChI is InChI=1S/C10H11N3O2.C4H4O4/c1-2-15-10(14)8-6-13-5-3-4-7(11)9(13)12-8;5-3(6)1-2-4(7)8/h3-6H,2,11H2,1H3;1-2H,(H,5,6)(H,7,8)/b;2-1-. The van der Waals surface area contributed by atoms with Crippen molar-refractivity contribution in [3.05, 3.63) is 42.4 Å². The van der Waals surface area contributed by atoms with Crippen LogP contribution in [0.3, 0.4) is 0 Å². The molecule has 2 heterocycles. The summed E-state index contributed by atoms with van der Waals surface area (Å²) in [6.45, 7) is 2.12. The Morgan fingerprint density at radius 3 is 2.61 bits per heavy atom. The summed E-state index contributed by atoms with van der Waals surface area (Å²) in [6.07, 6.45) is 4.41. The summed E-state index contributed by atoms with van der Waals surface area (Å²) in [4.78, 5) is 33.3. The van der Waals surface area contributed by atoms with E-state index in [1.807, 2.05) is 12.3 Å². The minimum Gasteiger partial charge on any atom is -0.545 e. The van der Waals surface area contributed by atoms with Gasteiger partial charge in [0.15, 0.2) is 6.20 Å². The number of carboxylic acid groups (broad SMARTS) is 2. The molecule has 0 aliphatic heterocycles. The molecule has 9 heteroatoms. The molecule has 0 aromatic carbocycles. The number of aliphatic carboxylic acids is 2. The van der Waals surface area contributed by atoms with Crippen LogP contribution >= 0.6 is 0 Å². The number of H-pyrrole nitrogens is 1. The van der Waals surface area contributed by atoms with Gasteiger partial charge in [-0.05, 0) is 25.1 Å². The molecule has 0 aliphatic rings. The lowest BCUT2D eigenvalue weighted by molar-refractivity contribution is -0.509. The molecule has 0 fully saturated rings. The summed E-state index contributed by atoms with van der Waals surface area (Å²) < 4.78 is 6.62. The van der Waals surface area contributed by atoms with Gasteiger partial charge in [0.25, 0.3) is 5.69 Å². The molecule has 0 atom stereocenters. The summed E-state index contributed by atoms with van der Waals surface area (Å²) in [5.41, 5.74) is 7.42. The zero-order valence-electron chi connectivity index (χ0n) is 12.2. The Hall–Kier alpha value is -3.36. The minimum atomic E-state index is -1.51. The fraction of sp³-hybridized carbons (Fsp3) is 0.143. The van der Waals surface area contributed by atoms with Crippen LogP contribution < -0.4 is 15.2 Å². The number of nitrogen functional groups attached to an aromatic ring is 1. The number of aromatic amines is 1. The molecule has 0 saturated heterocycles. The summed E-state index contributed by atoms with van der Waals surface area (Å²) in [7, 11) is 0. The zero-order valence-corrected chi connectivity index (χ0v) is 12.2. The van der Waals surface area contributed by atoms with Crippen molar-refractivity contribution in [2.24, 2.45) is 0 Å². The fourth-order valence-corrected chi connectivity index (χ4v) is 1.54. The van der Waals surface area contributed by atoms with E-state index in [0.717, 1.165) is 0 Å². The molecule has 2 rings (SSSR count). The first-order chi connectivity index (χ1) is 10.8. The van der Waals surface area contributed by atoms with E-state index in [9.17, 15) is 19.5 Å². The highest BCUT2D eigenvalue weighted by molar-refractivity contribution is 5.88. The number of carbonyl (C=O) groups excluding carboxylic acids is 2. The molecule has 9 nitrogen and oxygen atoms in total. The van der Waals surface area contributed by atoms with E-state index in [4.69, 9.17) is 15.6 Å². The third-order valence-electron chi connectivity index (χ3n) is 2.43. The molecular weight excluding hydrogens is 306 g/mol. The topological polar surface area (TPSA) is 150 Å². The Morgan fingerprint density at radius 1 is 1.43 bits per heavy atom. The van der Waals surface area contributed by atoms with E-state index in [1.54, 1.807) is 23.6 Å². The number of ether oxygens (including phenoxy) is 1. The largest absolute Gasteiger partial charge is 0.545 e. The summed E-state index contributed by atoms with van der Waals surface area (Å²) >= 11 is 0. The van der Waals surface area contributed by atoms with E-state index < -0.39 is 11.9 Å². The van der Waals surface area contributed by atoms with Gasteiger partial charge in [0.2, 0.25) is 0 Å². The number of aromatic nitrogens is 2. The van der Waals surface area contributed by atoms with Crippen LogP contribution in [0, 0.1) is 0 Å². The van der Waals surface area contributed by atoms with Gasteiger partial charge >= 0.3 is 17.6 Å². The average molecular weight is 321 g/mol. The Kier molecular flexibility index (Phi) is 6.29. The van der Waals surface area contributed by atoms with Gasteiger partial charge in [0.1, 0.15) is 5.69 Å². The van der Waals surface area contributed by atoms with Crippen LogP contribution in [0.15, 0.2) is 36.7 Å². The maximum atomic E-state index is 11.4. The SMILES string of the molecule is CCOC(=O)c1c[n+]2cccc(N)c2[nH]1.O=C([O-])/C=C\C(=O)O. The smallest absolute Gasteiger partial charge is 0.382 e. The number of imidazole rings is 1. The van der Waals surface area contributed by atoms with Crippen molar-refractivity contribution in [3.63, 3.8) is 0 Å². The molecule has 0 unspecified atom stereocenters. The quantitative estimate of drug-likeness (QED) is 0.367. The van der Waals surface area contributed by atoms with Gasteiger partial charge in [0.05, 0.1) is 18.8 Å². The Balaban J connectivity index is 0.000000284. The number of nitrogens with one attached hydrogen (secondary N) is 1. The molecule has 122 valence electrons. The van der Waals surface area contributed by atoms with Crippen molar-refractivity contribution >= 4 is 29.2 Å². The number of esters is 1. The summed E-state index contributed by atoms with van der Waals surface area (Å²) in [5, 5.41) is 17.2. The van der Waals surface area contributed by atoms with Crippen LogP contribution in [0.2, 0.25) is 0 Å². The van der Waals surface area contributed by atoms with Crippen LogP contribution in [0.1, 0.15) is 17.4 Å². The highest BCUT2D eigenvalue weighted by atomic mass is 16.5.